The Morgan fingerprint density at radius 1 is 0.139 bits per heavy atom. The molecule has 108 heavy (non-hydrogen) atoms. The zero-order valence-corrected chi connectivity index (χ0v) is 69.2. The number of ether oxygens (including phenoxy) is 12. The van der Waals surface area contributed by atoms with E-state index in [1.165, 1.54) is 116 Å². The van der Waals surface area contributed by atoms with Crippen molar-refractivity contribution in [2.24, 2.45) is 0 Å². The van der Waals surface area contributed by atoms with Gasteiger partial charge in [0, 0.05) is 0 Å². The number of rotatable bonds is 63. The second kappa shape index (κ2) is 50.7. The number of unbranched alkanes of at least 4 members (excludes halogenated alkanes) is 31. The van der Waals surface area contributed by atoms with Crippen LogP contribution in [0.25, 0.3) is 64.6 Å². The van der Waals surface area contributed by atoms with E-state index in [0.29, 0.717) is 77.6 Å². The maximum absolute atomic E-state index is 6.77. The van der Waals surface area contributed by atoms with Crippen molar-refractivity contribution in [2.45, 2.75) is 312 Å². The molecule has 0 aliphatic rings. The molecule has 8 aromatic rings. The third kappa shape index (κ3) is 26.9. The summed E-state index contributed by atoms with van der Waals surface area (Å²) in [5, 5.41) is 13.0. The molecule has 0 aliphatic heterocycles. The first-order chi connectivity index (χ1) is 53.3. The molecule has 0 atom stereocenters. The fourth-order valence-corrected chi connectivity index (χ4v) is 14.8. The molecule has 0 fully saturated rings. The van der Waals surface area contributed by atoms with Gasteiger partial charge < -0.3 is 56.8 Å². The quantitative estimate of drug-likeness (QED) is 0.0267. The first-order valence-corrected chi connectivity index (χ1v) is 43.7. The minimum Gasteiger partial charge on any atom is -0.493 e. The van der Waals surface area contributed by atoms with Gasteiger partial charge in [0.15, 0.2) is 69.0 Å². The first-order valence-electron chi connectivity index (χ1n) is 43.7. The summed E-state index contributed by atoms with van der Waals surface area (Å²) in [6, 6.07) is 26.5. The van der Waals surface area contributed by atoms with Gasteiger partial charge in [0.1, 0.15) is 0 Å². The highest BCUT2D eigenvalue weighted by molar-refractivity contribution is 6.28. The zero-order chi connectivity index (χ0) is 76.2. The molecule has 0 bridgehead atoms. The molecule has 0 amide bonds. The summed E-state index contributed by atoms with van der Waals surface area (Å²) in [6.07, 6.45) is 44.8. The normalized spacial score (nSPS) is 11.6. The summed E-state index contributed by atoms with van der Waals surface area (Å²) in [4.78, 5) is 0. The van der Waals surface area contributed by atoms with E-state index in [9.17, 15) is 0 Å². The maximum atomic E-state index is 6.77. The molecule has 0 aliphatic carbocycles. The summed E-state index contributed by atoms with van der Waals surface area (Å²) in [5.41, 5.74) is 0. The van der Waals surface area contributed by atoms with E-state index >= 15 is 0 Å². The first kappa shape index (κ1) is 86.5. The van der Waals surface area contributed by atoms with Gasteiger partial charge >= 0.3 is 0 Å². The van der Waals surface area contributed by atoms with Crippen molar-refractivity contribution in [3.63, 3.8) is 0 Å². The second-order valence-electron chi connectivity index (χ2n) is 30.3. The van der Waals surface area contributed by atoms with Crippen molar-refractivity contribution in [3.05, 3.63) is 72.8 Å². The lowest BCUT2D eigenvalue weighted by molar-refractivity contribution is 0.259. The van der Waals surface area contributed by atoms with Crippen LogP contribution >= 0.6 is 0 Å². The van der Waals surface area contributed by atoms with E-state index in [0.717, 1.165) is 263 Å². The number of hydrogen-bond acceptors (Lipinski definition) is 12. The van der Waals surface area contributed by atoms with Gasteiger partial charge in [0.05, 0.1) is 80.3 Å². The largest absolute Gasteiger partial charge is 0.493 e. The molecule has 12 heteroatoms. The fourth-order valence-electron chi connectivity index (χ4n) is 14.8. The Bertz CT molecular complexity index is 3610. The Balaban J connectivity index is 0.975. The van der Waals surface area contributed by atoms with Crippen LogP contribution in [0.1, 0.15) is 312 Å². The predicted molar refractivity (Wildman–Crippen MR) is 456 cm³/mol. The maximum Gasteiger partial charge on any atom is 0.161 e. The van der Waals surface area contributed by atoms with E-state index < -0.39 is 0 Å². The van der Waals surface area contributed by atoms with Gasteiger partial charge in [0.25, 0.3) is 0 Å². The molecule has 0 heterocycles. The minimum atomic E-state index is 0.596. The van der Waals surface area contributed by atoms with Crippen molar-refractivity contribution >= 4 is 64.6 Å². The Morgan fingerprint density at radius 3 is 0.361 bits per heavy atom. The van der Waals surface area contributed by atoms with Crippen LogP contribution in [0, 0.1) is 0 Å². The summed E-state index contributed by atoms with van der Waals surface area (Å²) in [5.74, 6) is 9.22. The van der Waals surface area contributed by atoms with Crippen LogP contribution in [-0.2, 0) is 0 Å². The molecule has 0 N–H and O–H groups in total. The molecule has 8 aromatic carbocycles. The Kier molecular flexibility index (Phi) is 40.6. The van der Waals surface area contributed by atoms with Gasteiger partial charge in [-0.05, 0) is 202 Å². The lowest BCUT2D eigenvalue weighted by atomic mass is 9.93. The van der Waals surface area contributed by atoms with Gasteiger partial charge in [-0.15, -0.1) is 0 Å². The van der Waals surface area contributed by atoms with Crippen LogP contribution < -0.4 is 56.8 Å². The fraction of sp³-hybridized carbons (Fsp3) is 0.625. The van der Waals surface area contributed by atoms with E-state index in [-0.39, 0.29) is 0 Å². The van der Waals surface area contributed by atoms with Crippen LogP contribution in [0.3, 0.4) is 0 Å². The molecule has 0 unspecified atom stereocenters. The SMILES string of the molecule is CCCCCCOc1cc2c3cc(OC)c(OCCCCCCCCCCOc4cc5c(cc4OC)c4cc(OCCCCCC)c(OCCCCCC)cc4c4cc(OCCCCCC)c(OCCCCCC)cc54)cc3c3cc(OCCCCCC)c(OCCCCCC)cc3c2cc1OCCCCCC. The molecule has 0 radical (unpaired) electrons. The monoisotopic (exact) mass is 1490 g/mol. The van der Waals surface area contributed by atoms with E-state index in [1.807, 2.05) is 0 Å². The molecule has 12 nitrogen and oxygen atoms in total. The van der Waals surface area contributed by atoms with Gasteiger partial charge in [0.2, 0.25) is 0 Å². The average Bonchev–Trinajstić information content (AvgIpc) is 0.733. The molecule has 598 valence electrons. The number of hydrogen-bond donors (Lipinski definition) is 0. The van der Waals surface area contributed by atoms with Crippen molar-refractivity contribution in [1.29, 1.82) is 0 Å². The van der Waals surface area contributed by atoms with Gasteiger partial charge in [-0.1, -0.05) is 248 Å². The number of methoxy groups -OCH3 is 2. The molecular weight excluding hydrogens is 1350 g/mol. The number of benzene rings is 8. The molecule has 8 rings (SSSR count). The minimum absolute atomic E-state index is 0.596. The molecule has 0 saturated carbocycles. The standard InChI is InChI=1S/C96H142O12/c1-11-19-27-41-51-101-89-65-77-73-61-85(97-9)87(63-75(73)79-67-91(103-53-43-29-21-13-3)95(107-57-47-33-25-17-7)71-83(79)81(77)69-93(89)105-55-45-31-23-15-5)99-59-49-39-37-35-36-38-40-50-60-100-88-64-76-74(62-86(88)98-10)78-66-90(102-52-42-28-20-12-2)94(106-56-46-32-24-16-6)70-82(78)84-72-96(108-58-48-34-26-18-8)92(68-80(76)84)104-54-44-30-22-14-4/h61-72H,11-60H2,1-10H3. The van der Waals surface area contributed by atoms with Crippen molar-refractivity contribution < 1.29 is 56.8 Å². The number of fused-ring (bicyclic) bond motifs is 12. The smallest absolute Gasteiger partial charge is 0.161 e. The third-order valence-corrected chi connectivity index (χ3v) is 21.3. The summed E-state index contributed by atoms with van der Waals surface area (Å²) in [7, 11) is 3.51. The van der Waals surface area contributed by atoms with Gasteiger partial charge in [-0.25, -0.2) is 0 Å². The Hall–Kier alpha value is -7.08. The molecular formula is C96H142O12. The molecule has 0 aromatic heterocycles. The average molecular weight is 1490 g/mol. The highest BCUT2D eigenvalue weighted by atomic mass is 16.5. The van der Waals surface area contributed by atoms with E-state index in [1.54, 1.807) is 14.2 Å². The topological polar surface area (TPSA) is 111 Å². The van der Waals surface area contributed by atoms with Crippen molar-refractivity contribution in [1.82, 2.24) is 0 Å². The van der Waals surface area contributed by atoms with Crippen LogP contribution in [0.2, 0.25) is 0 Å². The predicted octanol–water partition coefficient (Wildman–Crippen LogP) is 28.9. The van der Waals surface area contributed by atoms with E-state index in [4.69, 9.17) is 56.8 Å². The Labute approximate surface area is 652 Å². The summed E-state index contributed by atoms with van der Waals surface area (Å²) in [6.45, 7) is 24.3. The Morgan fingerprint density at radius 2 is 0.241 bits per heavy atom. The van der Waals surface area contributed by atoms with Crippen molar-refractivity contribution in [2.75, 3.05) is 80.3 Å². The second-order valence-corrected chi connectivity index (χ2v) is 30.3. The van der Waals surface area contributed by atoms with Crippen LogP contribution in [0.4, 0.5) is 0 Å². The lowest BCUT2D eigenvalue weighted by Crippen LogP contribution is -2.04. The van der Waals surface area contributed by atoms with Gasteiger partial charge in [-0.3, -0.25) is 0 Å². The van der Waals surface area contributed by atoms with Crippen molar-refractivity contribution in [3.8, 4) is 69.0 Å². The molecule has 0 saturated heterocycles. The van der Waals surface area contributed by atoms with E-state index in [2.05, 4.69) is 128 Å². The molecule has 0 spiro atoms. The summed E-state index contributed by atoms with van der Waals surface area (Å²) >= 11 is 0. The summed E-state index contributed by atoms with van der Waals surface area (Å²) < 4.78 is 79.7. The highest BCUT2D eigenvalue weighted by Crippen LogP contribution is 2.50. The third-order valence-electron chi connectivity index (χ3n) is 21.3. The van der Waals surface area contributed by atoms with Crippen LogP contribution in [-0.4, -0.2) is 80.3 Å². The zero-order valence-electron chi connectivity index (χ0n) is 69.2. The van der Waals surface area contributed by atoms with Crippen LogP contribution in [0.15, 0.2) is 72.8 Å². The lowest BCUT2D eigenvalue weighted by Gasteiger charge is -2.20. The highest BCUT2D eigenvalue weighted by Gasteiger charge is 2.24. The van der Waals surface area contributed by atoms with Gasteiger partial charge in [-0.2, -0.15) is 0 Å². The van der Waals surface area contributed by atoms with Crippen LogP contribution in [0.5, 0.6) is 69.0 Å².